The Labute approximate surface area is 155 Å². The fourth-order valence-corrected chi connectivity index (χ4v) is 2.95. The van der Waals surface area contributed by atoms with E-state index in [1.54, 1.807) is 13.3 Å². The van der Waals surface area contributed by atoms with Gasteiger partial charge in [0.2, 0.25) is 0 Å². The number of nitrogens with one attached hydrogen (secondary N) is 2. The zero-order valence-electron chi connectivity index (χ0n) is 15.5. The molecule has 2 aromatic rings. The van der Waals surface area contributed by atoms with E-state index >= 15 is 0 Å². The number of hydrogen-bond acceptors (Lipinski definition) is 3. The maximum atomic E-state index is 5.33. The topological polar surface area (TPSA) is 50.6 Å². The van der Waals surface area contributed by atoms with Crippen molar-refractivity contribution in [2.75, 3.05) is 19.0 Å². The number of benzene rings is 1. The molecule has 1 aromatic heterocycles. The van der Waals surface area contributed by atoms with Crippen LogP contribution >= 0.6 is 12.2 Å². The zero-order valence-corrected chi connectivity index (χ0v) is 16.3. The van der Waals surface area contributed by atoms with Crippen LogP contribution in [-0.4, -0.2) is 29.6 Å². The van der Waals surface area contributed by atoms with E-state index < -0.39 is 0 Å². The maximum absolute atomic E-state index is 5.33. The second-order valence-electron chi connectivity index (χ2n) is 6.06. The van der Waals surface area contributed by atoms with E-state index in [0.29, 0.717) is 11.7 Å². The SMILES string of the molecule is COCCn1c(C)cc(/C=N/NC(=S)Nc2c(C)cccc2C)c1C. The Morgan fingerprint density at radius 3 is 2.56 bits per heavy atom. The van der Waals surface area contributed by atoms with Crippen LogP contribution in [0.15, 0.2) is 29.4 Å². The van der Waals surface area contributed by atoms with Crippen LogP contribution < -0.4 is 10.7 Å². The van der Waals surface area contributed by atoms with E-state index in [0.717, 1.165) is 34.6 Å². The monoisotopic (exact) mass is 358 g/mol. The molecule has 2 N–H and O–H groups in total. The molecule has 0 fully saturated rings. The fraction of sp³-hybridized carbons (Fsp3) is 0.368. The highest BCUT2D eigenvalue weighted by atomic mass is 32.1. The summed E-state index contributed by atoms with van der Waals surface area (Å²) in [7, 11) is 1.71. The molecule has 134 valence electrons. The van der Waals surface area contributed by atoms with Gasteiger partial charge in [0.25, 0.3) is 0 Å². The van der Waals surface area contributed by atoms with Crippen molar-refractivity contribution in [2.24, 2.45) is 5.10 Å². The number of ether oxygens (including phenoxy) is 1. The van der Waals surface area contributed by atoms with Crippen molar-refractivity contribution in [3.8, 4) is 0 Å². The molecular weight excluding hydrogens is 332 g/mol. The minimum absolute atomic E-state index is 0.474. The molecule has 0 bridgehead atoms. The first kappa shape index (κ1) is 19.1. The summed E-state index contributed by atoms with van der Waals surface area (Å²) in [6, 6.07) is 8.24. The summed E-state index contributed by atoms with van der Waals surface area (Å²) in [6.45, 7) is 9.79. The number of thiocarbonyl (C=S) groups is 1. The third-order valence-electron chi connectivity index (χ3n) is 4.22. The summed E-state index contributed by atoms with van der Waals surface area (Å²) >= 11 is 5.33. The van der Waals surface area contributed by atoms with Crippen molar-refractivity contribution in [3.05, 3.63) is 52.3 Å². The van der Waals surface area contributed by atoms with Gasteiger partial charge in [-0.25, -0.2) is 0 Å². The minimum Gasteiger partial charge on any atom is -0.383 e. The smallest absolute Gasteiger partial charge is 0.191 e. The van der Waals surface area contributed by atoms with Gasteiger partial charge < -0.3 is 14.6 Å². The highest BCUT2D eigenvalue weighted by Gasteiger charge is 2.07. The lowest BCUT2D eigenvalue weighted by Crippen LogP contribution is -2.24. The predicted molar refractivity (Wildman–Crippen MR) is 109 cm³/mol. The van der Waals surface area contributed by atoms with E-state index in [4.69, 9.17) is 17.0 Å². The van der Waals surface area contributed by atoms with Gasteiger partial charge in [-0.15, -0.1) is 0 Å². The first-order chi connectivity index (χ1) is 11.9. The van der Waals surface area contributed by atoms with Crippen LogP contribution in [0, 0.1) is 27.7 Å². The number of rotatable bonds is 6. The van der Waals surface area contributed by atoms with Crippen molar-refractivity contribution in [3.63, 3.8) is 0 Å². The molecule has 0 radical (unpaired) electrons. The molecule has 0 saturated heterocycles. The number of anilines is 1. The molecule has 2 rings (SSSR count). The number of methoxy groups -OCH3 is 1. The largest absolute Gasteiger partial charge is 0.383 e. The summed E-state index contributed by atoms with van der Waals surface area (Å²) in [6.07, 6.45) is 1.80. The third kappa shape index (κ3) is 4.90. The molecule has 25 heavy (non-hydrogen) atoms. The molecule has 5 nitrogen and oxygen atoms in total. The summed E-state index contributed by atoms with van der Waals surface area (Å²) in [5, 5.41) is 7.95. The van der Waals surface area contributed by atoms with E-state index in [1.807, 2.05) is 6.07 Å². The van der Waals surface area contributed by atoms with Crippen LogP contribution in [-0.2, 0) is 11.3 Å². The fourth-order valence-electron chi connectivity index (χ4n) is 2.80. The first-order valence-electron chi connectivity index (χ1n) is 8.26. The number of nitrogens with zero attached hydrogens (tertiary/aromatic N) is 2. The Hall–Kier alpha value is -2.18. The van der Waals surface area contributed by atoms with Gasteiger partial charge in [0.1, 0.15) is 0 Å². The van der Waals surface area contributed by atoms with Crippen molar-refractivity contribution >= 4 is 29.2 Å². The molecule has 0 aliphatic heterocycles. The Morgan fingerprint density at radius 1 is 1.24 bits per heavy atom. The van der Waals surface area contributed by atoms with E-state index in [-0.39, 0.29) is 0 Å². The van der Waals surface area contributed by atoms with Gasteiger partial charge in [-0.2, -0.15) is 5.10 Å². The van der Waals surface area contributed by atoms with Crippen molar-refractivity contribution in [2.45, 2.75) is 34.2 Å². The Kier molecular flexibility index (Phi) is 6.73. The number of aryl methyl sites for hydroxylation is 3. The van der Waals surface area contributed by atoms with Crippen molar-refractivity contribution in [1.29, 1.82) is 0 Å². The third-order valence-corrected chi connectivity index (χ3v) is 4.41. The lowest BCUT2D eigenvalue weighted by Gasteiger charge is -2.12. The van der Waals surface area contributed by atoms with Crippen molar-refractivity contribution in [1.82, 2.24) is 9.99 Å². The van der Waals surface area contributed by atoms with E-state index in [9.17, 15) is 0 Å². The van der Waals surface area contributed by atoms with Crippen molar-refractivity contribution < 1.29 is 4.74 Å². The highest BCUT2D eigenvalue weighted by Crippen LogP contribution is 2.19. The predicted octanol–water partition coefficient (Wildman–Crippen LogP) is 3.69. The minimum atomic E-state index is 0.474. The second-order valence-corrected chi connectivity index (χ2v) is 6.47. The number of para-hydroxylation sites is 1. The van der Waals surface area contributed by atoms with Gasteiger partial charge in [-0.05, 0) is 57.1 Å². The van der Waals surface area contributed by atoms with Crippen LogP contribution in [0.25, 0.3) is 0 Å². The zero-order chi connectivity index (χ0) is 18.4. The average Bonchev–Trinajstić information content (AvgIpc) is 2.83. The van der Waals surface area contributed by atoms with Crippen LogP contribution in [0.3, 0.4) is 0 Å². The molecule has 0 saturated carbocycles. The molecule has 1 heterocycles. The summed E-state index contributed by atoms with van der Waals surface area (Å²) < 4.78 is 7.38. The summed E-state index contributed by atoms with van der Waals surface area (Å²) in [5.74, 6) is 0. The molecule has 6 heteroatoms. The van der Waals surface area contributed by atoms with Gasteiger partial charge in [0.05, 0.1) is 12.8 Å². The Morgan fingerprint density at radius 2 is 1.92 bits per heavy atom. The maximum Gasteiger partial charge on any atom is 0.191 e. The standard InChI is InChI=1S/C19H26N4OS/c1-13-7-6-8-14(2)18(13)21-19(25)22-20-12-17-11-15(3)23(16(17)4)9-10-24-5/h6-8,11-12H,9-10H2,1-5H3,(H2,21,22,25)/b20-12+. The molecular formula is C19H26N4OS. The van der Waals surface area contributed by atoms with Gasteiger partial charge in [0, 0.05) is 36.3 Å². The summed E-state index contributed by atoms with van der Waals surface area (Å²) in [5.41, 5.74) is 9.62. The average molecular weight is 359 g/mol. The Balaban J connectivity index is 2.00. The lowest BCUT2D eigenvalue weighted by atomic mass is 10.1. The van der Waals surface area contributed by atoms with Crippen LogP contribution in [0.1, 0.15) is 28.1 Å². The highest BCUT2D eigenvalue weighted by molar-refractivity contribution is 7.80. The second kappa shape index (κ2) is 8.78. The quantitative estimate of drug-likeness (QED) is 0.470. The normalized spacial score (nSPS) is 11.1. The summed E-state index contributed by atoms with van der Waals surface area (Å²) in [4.78, 5) is 0. The molecule has 0 aliphatic carbocycles. The lowest BCUT2D eigenvalue weighted by molar-refractivity contribution is 0.186. The number of hydrogen-bond donors (Lipinski definition) is 2. The van der Waals surface area contributed by atoms with Crippen LogP contribution in [0.4, 0.5) is 5.69 Å². The Bertz CT molecular complexity index is 760. The molecule has 0 aliphatic rings. The first-order valence-corrected chi connectivity index (χ1v) is 8.66. The van der Waals surface area contributed by atoms with Crippen LogP contribution in [0.2, 0.25) is 0 Å². The molecule has 0 spiro atoms. The van der Waals surface area contributed by atoms with Gasteiger partial charge in [0.15, 0.2) is 5.11 Å². The number of hydrazone groups is 1. The molecule has 0 amide bonds. The van der Waals surface area contributed by atoms with Gasteiger partial charge >= 0.3 is 0 Å². The molecule has 1 aromatic carbocycles. The van der Waals surface area contributed by atoms with E-state index in [2.05, 4.69) is 66.3 Å². The number of aromatic nitrogens is 1. The van der Waals surface area contributed by atoms with Crippen LogP contribution in [0.5, 0.6) is 0 Å². The van der Waals surface area contributed by atoms with Gasteiger partial charge in [-0.3, -0.25) is 5.43 Å². The molecule has 0 unspecified atom stereocenters. The molecule has 0 atom stereocenters. The van der Waals surface area contributed by atoms with E-state index in [1.165, 1.54) is 5.69 Å². The van der Waals surface area contributed by atoms with Gasteiger partial charge in [-0.1, -0.05) is 18.2 Å².